The maximum absolute atomic E-state index is 13.0. The molecule has 1 aromatic carbocycles. The Bertz CT molecular complexity index is 715. The zero-order valence-corrected chi connectivity index (χ0v) is 13.9. The van der Waals surface area contributed by atoms with Crippen molar-refractivity contribution in [1.82, 2.24) is 20.0 Å². The molecule has 1 aliphatic heterocycles. The summed E-state index contributed by atoms with van der Waals surface area (Å²) in [5.41, 5.74) is 0.446. The molecule has 2 aromatic rings. The fraction of sp³-hybridized carbons (Fsp3) is 0.389. The minimum atomic E-state index is -0.371. The molecule has 1 saturated heterocycles. The van der Waals surface area contributed by atoms with E-state index in [9.17, 15) is 14.0 Å². The van der Waals surface area contributed by atoms with Gasteiger partial charge in [0.25, 0.3) is 5.91 Å². The van der Waals surface area contributed by atoms with Crippen LogP contribution in [0.1, 0.15) is 23.2 Å². The number of hydrogen-bond donors (Lipinski definition) is 1. The number of nitrogens with zero attached hydrogens (tertiary/aromatic N) is 3. The van der Waals surface area contributed by atoms with Gasteiger partial charge in [0.05, 0.1) is 12.5 Å². The Morgan fingerprint density at radius 3 is 2.80 bits per heavy atom. The molecule has 0 saturated carbocycles. The summed E-state index contributed by atoms with van der Waals surface area (Å²) in [6.07, 6.45) is 5.09. The van der Waals surface area contributed by atoms with E-state index in [1.807, 2.05) is 12.3 Å². The van der Waals surface area contributed by atoms with Gasteiger partial charge in [0.1, 0.15) is 5.82 Å². The van der Waals surface area contributed by atoms with E-state index < -0.39 is 0 Å². The summed E-state index contributed by atoms with van der Waals surface area (Å²) in [5, 5.41) is 7.00. The molecule has 3 rings (SSSR count). The van der Waals surface area contributed by atoms with Crippen molar-refractivity contribution < 1.29 is 14.0 Å². The van der Waals surface area contributed by atoms with Crippen molar-refractivity contribution in [2.45, 2.75) is 19.4 Å². The van der Waals surface area contributed by atoms with Crippen molar-refractivity contribution >= 4 is 11.8 Å². The number of benzene rings is 1. The maximum Gasteiger partial charge on any atom is 0.253 e. The van der Waals surface area contributed by atoms with Gasteiger partial charge in [-0.05, 0) is 43.2 Å². The van der Waals surface area contributed by atoms with Crippen LogP contribution in [0, 0.1) is 11.7 Å². The monoisotopic (exact) mass is 344 g/mol. The Morgan fingerprint density at radius 1 is 1.28 bits per heavy atom. The number of likely N-dealkylation sites (tertiary alicyclic amines) is 1. The predicted molar refractivity (Wildman–Crippen MR) is 90.3 cm³/mol. The number of nitrogens with one attached hydrogen (secondary N) is 1. The fourth-order valence-electron chi connectivity index (χ4n) is 3.02. The van der Waals surface area contributed by atoms with Gasteiger partial charge >= 0.3 is 0 Å². The molecule has 1 fully saturated rings. The highest BCUT2D eigenvalue weighted by atomic mass is 19.1. The third-order valence-electron chi connectivity index (χ3n) is 4.37. The number of amides is 2. The molecule has 1 N–H and O–H groups in total. The smallest absolute Gasteiger partial charge is 0.253 e. The summed E-state index contributed by atoms with van der Waals surface area (Å²) in [5.74, 6) is -0.779. The molecule has 0 unspecified atom stereocenters. The molecular weight excluding hydrogens is 323 g/mol. The van der Waals surface area contributed by atoms with Crippen molar-refractivity contribution in [3.63, 3.8) is 0 Å². The van der Waals surface area contributed by atoms with Gasteiger partial charge in [-0.25, -0.2) is 4.39 Å². The summed E-state index contributed by atoms with van der Waals surface area (Å²) in [4.78, 5) is 26.5. The fourth-order valence-corrected chi connectivity index (χ4v) is 3.02. The molecule has 0 bridgehead atoms. The van der Waals surface area contributed by atoms with Gasteiger partial charge in [0, 0.05) is 37.6 Å². The normalized spacial score (nSPS) is 17.3. The Morgan fingerprint density at radius 2 is 2.08 bits per heavy atom. The van der Waals surface area contributed by atoms with Crippen LogP contribution in [0.2, 0.25) is 0 Å². The number of carbonyl (C=O) groups excluding carboxylic acids is 2. The lowest BCUT2D eigenvalue weighted by atomic mass is 9.96. The van der Waals surface area contributed by atoms with Crippen LogP contribution in [0.15, 0.2) is 42.7 Å². The first-order valence-electron chi connectivity index (χ1n) is 8.43. The van der Waals surface area contributed by atoms with Gasteiger partial charge in [-0.2, -0.15) is 5.10 Å². The topological polar surface area (TPSA) is 67.2 Å². The van der Waals surface area contributed by atoms with Crippen molar-refractivity contribution in [3.05, 3.63) is 54.1 Å². The minimum absolute atomic E-state index is 0.0382. The molecule has 25 heavy (non-hydrogen) atoms. The molecule has 0 radical (unpaired) electrons. The molecule has 7 heteroatoms. The first-order valence-corrected chi connectivity index (χ1v) is 8.43. The van der Waals surface area contributed by atoms with Crippen LogP contribution in [0.4, 0.5) is 4.39 Å². The average Bonchev–Trinajstić information content (AvgIpc) is 3.15. The first-order chi connectivity index (χ1) is 12.1. The third-order valence-corrected chi connectivity index (χ3v) is 4.37. The van der Waals surface area contributed by atoms with Crippen molar-refractivity contribution in [1.29, 1.82) is 0 Å². The number of carbonyl (C=O) groups is 2. The largest absolute Gasteiger partial charge is 0.354 e. The SMILES string of the molecule is O=C(NCCn1cccn1)[C@@H]1CCCN(C(=O)c2ccc(F)cc2)C1. The standard InChI is InChI=1S/C18H21FN4O2/c19-16-6-4-14(5-7-16)18(25)22-10-1-3-15(13-22)17(24)20-9-12-23-11-2-8-21-23/h2,4-8,11,15H,1,3,9-10,12-13H2,(H,20,24)/t15-/m1/s1. The van der Waals surface area contributed by atoms with Gasteiger partial charge in [-0.1, -0.05) is 0 Å². The van der Waals surface area contributed by atoms with E-state index in [0.717, 1.165) is 12.8 Å². The number of piperidine rings is 1. The zero-order chi connectivity index (χ0) is 17.6. The zero-order valence-electron chi connectivity index (χ0n) is 13.9. The Balaban J connectivity index is 1.52. The summed E-state index contributed by atoms with van der Waals surface area (Å²) < 4.78 is 14.8. The van der Waals surface area contributed by atoms with Gasteiger partial charge in [-0.15, -0.1) is 0 Å². The van der Waals surface area contributed by atoms with Crippen LogP contribution in [-0.4, -0.2) is 46.1 Å². The van der Waals surface area contributed by atoms with Crippen LogP contribution in [0.3, 0.4) is 0 Å². The predicted octanol–water partition coefficient (Wildman–Crippen LogP) is 1.69. The molecule has 0 aliphatic carbocycles. The molecule has 1 aromatic heterocycles. The number of hydrogen-bond acceptors (Lipinski definition) is 3. The van der Waals surface area contributed by atoms with Crippen LogP contribution >= 0.6 is 0 Å². The Hall–Kier alpha value is -2.70. The lowest BCUT2D eigenvalue weighted by Gasteiger charge is -2.32. The minimum Gasteiger partial charge on any atom is -0.354 e. The van der Waals surface area contributed by atoms with E-state index in [4.69, 9.17) is 0 Å². The Kier molecular flexibility index (Phi) is 5.42. The van der Waals surface area contributed by atoms with Crippen LogP contribution in [-0.2, 0) is 11.3 Å². The van der Waals surface area contributed by atoms with Crippen molar-refractivity contribution in [2.24, 2.45) is 5.92 Å². The molecule has 6 nitrogen and oxygen atoms in total. The first kappa shape index (κ1) is 17.1. The third kappa shape index (κ3) is 4.43. The van der Waals surface area contributed by atoms with E-state index >= 15 is 0 Å². The van der Waals surface area contributed by atoms with Gasteiger partial charge in [0.2, 0.25) is 5.91 Å². The molecular formula is C18H21FN4O2. The van der Waals surface area contributed by atoms with E-state index in [2.05, 4.69) is 10.4 Å². The lowest BCUT2D eigenvalue weighted by molar-refractivity contribution is -0.126. The number of halogens is 1. The lowest BCUT2D eigenvalue weighted by Crippen LogP contribution is -2.45. The van der Waals surface area contributed by atoms with E-state index in [1.54, 1.807) is 15.8 Å². The molecule has 1 aliphatic rings. The highest BCUT2D eigenvalue weighted by molar-refractivity contribution is 5.94. The van der Waals surface area contributed by atoms with Gasteiger partial charge < -0.3 is 10.2 Å². The van der Waals surface area contributed by atoms with Crippen molar-refractivity contribution in [2.75, 3.05) is 19.6 Å². The summed E-state index contributed by atoms with van der Waals surface area (Å²) in [7, 11) is 0. The maximum atomic E-state index is 13.0. The highest BCUT2D eigenvalue weighted by Crippen LogP contribution is 2.19. The highest BCUT2D eigenvalue weighted by Gasteiger charge is 2.28. The molecule has 2 heterocycles. The van der Waals surface area contributed by atoms with Gasteiger partial charge in [-0.3, -0.25) is 14.3 Å². The number of rotatable bonds is 5. The van der Waals surface area contributed by atoms with Crippen LogP contribution < -0.4 is 5.32 Å². The molecule has 2 amide bonds. The van der Waals surface area contributed by atoms with Crippen LogP contribution in [0.5, 0.6) is 0 Å². The Labute approximate surface area is 145 Å². The van der Waals surface area contributed by atoms with Crippen LogP contribution in [0.25, 0.3) is 0 Å². The average molecular weight is 344 g/mol. The number of aromatic nitrogens is 2. The second-order valence-corrected chi connectivity index (χ2v) is 6.16. The quantitative estimate of drug-likeness (QED) is 0.898. The second-order valence-electron chi connectivity index (χ2n) is 6.16. The summed E-state index contributed by atoms with van der Waals surface area (Å²) in [6.45, 7) is 2.13. The summed E-state index contributed by atoms with van der Waals surface area (Å²) in [6, 6.07) is 7.34. The molecule has 1 atom stereocenters. The van der Waals surface area contributed by atoms with E-state index in [-0.39, 0.29) is 23.5 Å². The molecule has 0 spiro atoms. The van der Waals surface area contributed by atoms with E-state index in [1.165, 1.54) is 24.3 Å². The van der Waals surface area contributed by atoms with Gasteiger partial charge in [0.15, 0.2) is 0 Å². The molecule has 132 valence electrons. The van der Waals surface area contributed by atoms with Crippen molar-refractivity contribution in [3.8, 4) is 0 Å². The van der Waals surface area contributed by atoms with E-state index in [0.29, 0.717) is 31.7 Å². The second kappa shape index (κ2) is 7.92. The summed E-state index contributed by atoms with van der Waals surface area (Å²) >= 11 is 0.